The smallest absolute Gasteiger partial charge is 0.138 e. The van der Waals surface area contributed by atoms with E-state index in [1.54, 1.807) is 0 Å². The largest absolute Gasteiger partial charge is 0.394 e. The second kappa shape index (κ2) is 7.40. The van der Waals surface area contributed by atoms with Gasteiger partial charge in [0, 0.05) is 24.6 Å². The molecular formula is C14H26N4O2. The summed E-state index contributed by atoms with van der Waals surface area (Å²) in [6.45, 7) is 9.83. The molecule has 0 amide bonds. The highest BCUT2D eigenvalue weighted by atomic mass is 16.5. The molecule has 6 nitrogen and oxygen atoms in total. The van der Waals surface area contributed by atoms with Crippen molar-refractivity contribution in [3.63, 3.8) is 0 Å². The van der Waals surface area contributed by atoms with Gasteiger partial charge >= 0.3 is 0 Å². The van der Waals surface area contributed by atoms with Gasteiger partial charge in [0.15, 0.2) is 0 Å². The van der Waals surface area contributed by atoms with Crippen LogP contribution in [0.25, 0.3) is 0 Å². The number of anilines is 2. The third-order valence-electron chi connectivity index (χ3n) is 2.83. The standard InChI is InChI=1S/C14H26N4O2/c1-10-11(15-5)17-13(14(2,3)4)18-12(10)16-6-8-20-9-7-19/h19H,6-9H2,1-5H3,(H2,15,16,17,18). The van der Waals surface area contributed by atoms with Crippen molar-refractivity contribution >= 4 is 11.6 Å². The van der Waals surface area contributed by atoms with E-state index in [4.69, 9.17) is 9.84 Å². The lowest BCUT2D eigenvalue weighted by atomic mass is 9.95. The molecular weight excluding hydrogens is 256 g/mol. The normalized spacial score (nSPS) is 11.5. The maximum absolute atomic E-state index is 8.65. The fourth-order valence-corrected chi connectivity index (χ4v) is 1.68. The Morgan fingerprint density at radius 2 is 1.80 bits per heavy atom. The van der Waals surface area contributed by atoms with Crippen LogP contribution in [0.1, 0.15) is 32.2 Å². The molecule has 6 heteroatoms. The number of nitrogens with zero attached hydrogens (tertiary/aromatic N) is 2. The maximum atomic E-state index is 8.65. The van der Waals surface area contributed by atoms with E-state index < -0.39 is 0 Å². The lowest BCUT2D eigenvalue weighted by Crippen LogP contribution is -2.20. The highest BCUT2D eigenvalue weighted by molar-refractivity contribution is 5.57. The van der Waals surface area contributed by atoms with Gasteiger partial charge in [-0.15, -0.1) is 0 Å². The van der Waals surface area contributed by atoms with E-state index in [2.05, 4.69) is 41.4 Å². The lowest BCUT2D eigenvalue weighted by molar-refractivity contribution is 0.0992. The number of aliphatic hydroxyl groups is 1. The monoisotopic (exact) mass is 282 g/mol. The third kappa shape index (κ3) is 4.61. The first-order valence-corrected chi connectivity index (χ1v) is 6.89. The van der Waals surface area contributed by atoms with Gasteiger partial charge in [-0.05, 0) is 6.92 Å². The van der Waals surface area contributed by atoms with Crippen LogP contribution in [0.4, 0.5) is 11.6 Å². The highest BCUT2D eigenvalue weighted by Crippen LogP contribution is 2.25. The number of aromatic nitrogens is 2. The van der Waals surface area contributed by atoms with Gasteiger partial charge in [-0.25, -0.2) is 9.97 Å². The molecule has 20 heavy (non-hydrogen) atoms. The number of nitrogens with one attached hydrogen (secondary N) is 2. The van der Waals surface area contributed by atoms with Crippen molar-refractivity contribution < 1.29 is 9.84 Å². The summed E-state index contributed by atoms with van der Waals surface area (Å²) in [5.74, 6) is 2.46. The summed E-state index contributed by atoms with van der Waals surface area (Å²) >= 11 is 0. The summed E-state index contributed by atoms with van der Waals surface area (Å²) in [6, 6.07) is 0. The SMILES string of the molecule is CNc1nc(C(C)(C)C)nc(NCCOCCO)c1C. The van der Waals surface area contributed by atoms with Gasteiger partial charge in [0.1, 0.15) is 17.5 Å². The van der Waals surface area contributed by atoms with Gasteiger partial charge < -0.3 is 20.5 Å². The first kappa shape index (κ1) is 16.7. The van der Waals surface area contributed by atoms with Crippen LogP contribution >= 0.6 is 0 Å². The van der Waals surface area contributed by atoms with Crippen molar-refractivity contribution in [3.05, 3.63) is 11.4 Å². The predicted octanol–water partition coefficient (Wildman–Crippen LogP) is 1.55. The molecule has 0 fully saturated rings. The van der Waals surface area contributed by atoms with Crippen molar-refractivity contribution in [3.8, 4) is 0 Å². The molecule has 1 rings (SSSR count). The molecule has 0 radical (unpaired) electrons. The van der Waals surface area contributed by atoms with Crippen LogP contribution in [-0.4, -0.2) is 48.5 Å². The Bertz CT molecular complexity index is 430. The summed E-state index contributed by atoms with van der Waals surface area (Å²) < 4.78 is 5.23. The molecule has 3 N–H and O–H groups in total. The summed E-state index contributed by atoms with van der Waals surface area (Å²) in [6.07, 6.45) is 0. The Hall–Kier alpha value is -1.40. The van der Waals surface area contributed by atoms with Crippen LogP contribution in [0.2, 0.25) is 0 Å². The molecule has 0 aliphatic heterocycles. The zero-order valence-electron chi connectivity index (χ0n) is 13.1. The van der Waals surface area contributed by atoms with Gasteiger partial charge in [0.25, 0.3) is 0 Å². The molecule has 0 atom stereocenters. The minimum Gasteiger partial charge on any atom is -0.394 e. The number of rotatable bonds is 7. The quantitative estimate of drug-likeness (QED) is 0.658. The summed E-state index contributed by atoms with van der Waals surface area (Å²) in [5, 5.41) is 15.0. The third-order valence-corrected chi connectivity index (χ3v) is 2.83. The van der Waals surface area contributed by atoms with Crippen LogP contribution in [0.5, 0.6) is 0 Å². The van der Waals surface area contributed by atoms with Crippen molar-refractivity contribution in [1.82, 2.24) is 9.97 Å². The van der Waals surface area contributed by atoms with Crippen molar-refractivity contribution in [2.45, 2.75) is 33.1 Å². The van der Waals surface area contributed by atoms with Gasteiger partial charge in [-0.3, -0.25) is 0 Å². The van der Waals surface area contributed by atoms with Crippen LogP contribution in [-0.2, 0) is 10.2 Å². The molecule has 0 spiro atoms. The van der Waals surface area contributed by atoms with Crippen LogP contribution in [0, 0.1) is 6.92 Å². The van der Waals surface area contributed by atoms with Crippen LogP contribution in [0.3, 0.4) is 0 Å². The molecule has 114 valence electrons. The average molecular weight is 282 g/mol. The van der Waals surface area contributed by atoms with Gasteiger partial charge in [0.2, 0.25) is 0 Å². The van der Waals surface area contributed by atoms with Gasteiger partial charge in [-0.1, -0.05) is 20.8 Å². The molecule has 1 aromatic heterocycles. The molecule has 0 aromatic carbocycles. The number of ether oxygens (including phenoxy) is 1. The molecule has 0 saturated carbocycles. The Kier molecular flexibility index (Phi) is 6.16. The van der Waals surface area contributed by atoms with Crippen molar-refractivity contribution in [2.24, 2.45) is 0 Å². The number of hydrogen-bond donors (Lipinski definition) is 3. The van der Waals surface area contributed by atoms with E-state index >= 15 is 0 Å². The van der Waals surface area contributed by atoms with Gasteiger partial charge in [-0.2, -0.15) is 0 Å². The van der Waals surface area contributed by atoms with Crippen LogP contribution in [0.15, 0.2) is 0 Å². The van der Waals surface area contributed by atoms with E-state index in [0.717, 1.165) is 23.0 Å². The topological polar surface area (TPSA) is 79.3 Å². The zero-order chi connectivity index (χ0) is 15.2. The summed E-state index contributed by atoms with van der Waals surface area (Å²) in [4.78, 5) is 9.16. The molecule has 0 unspecified atom stereocenters. The predicted molar refractivity (Wildman–Crippen MR) is 81.4 cm³/mol. The van der Waals surface area contributed by atoms with E-state index in [1.807, 2.05) is 14.0 Å². The minimum absolute atomic E-state index is 0.0462. The Morgan fingerprint density at radius 3 is 2.35 bits per heavy atom. The Balaban J connectivity index is 2.83. The Labute approximate surface area is 121 Å². The minimum atomic E-state index is -0.108. The van der Waals surface area contributed by atoms with Crippen molar-refractivity contribution in [1.29, 1.82) is 0 Å². The lowest BCUT2D eigenvalue weighted by Gasteiger charge is -2.20. The van der Waals surface area contributed by atoms with E-state index in [9.17, 15) is 0 Å². The first-order valence-electron chi connectivity index (χ1n) is 6.89. The molecule has 1 aromatic rings. The fraction of sp³-hybridized carbons (Fsp3) is 0.714. The molecule has 0 bridgehead atoms. The average Bonchev–Trinajstić information content (AvgIpc) is 2.39. The molecule has 1 heterocycles. The van der Waals surface area contributed by atoms with E-state index in [-0.39, 0.29) is 12.0 Å². The summed E-state index contributed by atoms with van der Waals surface area (Å²) in [5.41, 5.74) is 0.881. The molecule has 0 saturated heterocycles. The van der Waals surface area contributed by atoms with Crippen LogP contribution < -0.4 is 10.6 Å². The summed E-state index contributed by atoms with van der Waals surface area (Å²) in [7, 11) is 1.86. The van der Waals surface area contributed by atoms with Crippen molar-refractivity contribution in [2.75, 3.05) is 44.0 Å². The zero-order valence-corrected chi connectivity index (χ0v) is 13.1. The van der Waals surface area contributed by atoms with E-state index in [0.29, 0.717) is 19.8 Å². The van der Waals surface area contributed by atoms with Gasteiger partial charge in [0.05, 0.1) is 19.8 Å². The highest BCUT2D eigenvalue weighted by Gasteiger charge is 2.20. The first-order chi connectivity index (χ1) is 9.40. The molecule has 0 aliphatic rings. The second-order valence-corrected chi connectivity index (χ2v) is 5.63. The van der Waals surface area contributed by atoms with E-state index in [1.165, 1.54) is 0 Å². The second-order valence-electron chi connectivity index (χ2n) is 5.63. The number of aliphatic hydroxyl groups excluding tert-OH is 1. The molecule has 0 aliphatic carbocycles. The number of hydrogen-bond acceptors (Lipinski definition) is 6. The Morgan fingerprint density at radius 1 is 1.15 bits per heavy atom. The maximum Gasteiger partial charge on any atom is 0.138 e. The fourth-order valence-electron chi connectivity index (χ4n) is 1.68.